The third-order valence-electron chi connectivity index (χ3n) is 4.40. The molecule has 0 bridgehead atoms. The zero-order chi connectivity index (χ0) is 20.3. The molecule has 8 heteroatoms. The number of carbonyl (C=O) groups is 1. The molecule has 0 saturated carbocycles. The number of benzene rings is 2. The molecular weight excluding hydrogens is 378 g/mol. The van der Waals surface area contributed by atoms with Crippen LogP contribution in [0.1, 0.15) is 11.1 Å². The smallest absolute Gasteiger partial charge is 0.244 e. The molecule has 0 radical (unpaired) electrons. The minimum Gasteiger partial charge on any atom is -0.495 e. The normalized spacial score (nSPS) is 11.4. The number of sulfonamides is 1. The van der Waals surface area contributed by atoms with Crippen molar-refractivity contribution in [3.63, 3.8) is 0 Å². The molecule has 28 heavy (non-hydrogen) atoms. The highest BCUT2D eigenvalue weighted by atomic mass is 32.2. The van der Waals surface area contributed by atoms with Crippen molar-refractivity contribution < 1.29 is 17.9 Å². The van der Waals surface area contributed by atoms with Crippen LogP contribution in [0.5, 0.6) is 5.75 Å². The lowest BCUT2D eigenvalue weighted by Gasteiger charge is -2.13. The molecule has 0 unspecified atom stereocenters. The Hall–Kier alpha value is -2.97. The molecule has 0 atom stereocenters. The second kappa shape index (κ2) is 7.95. The predicted octanol–water partition coefficient (Wildman–Crippen LogP) is 2.78. The molecule has 2 aromatic carbocycles. The second-order valence-electron chi connectivity index (χ2n) is 6.34. The van der Waals surface area contributed by atoms with Gasteiger partial charge in [0, 0.05) is 11.6 Å². The van der Waals surface area contributed by atoms with Crippen molar-refractivity contribution >= 4 is 32.5 Å². The topological polar surface area (TPSA) is 97.4 Å². The molecule has 1 aromatic heterocycles. The number of aromatic nitrogens is 1. The summed E-state index contributed by atoms with van der Waals surface area (Å²) in [7, 11) is -2.52. The molecule has 1 heterocycles. The highest BCUT2D eigenvalue weighted by Gasteiger charge is 2.21. The Morgan fingerprint density at radius 3 is 2.57 bits per heavy atom. The van der Waals surface area contributed by atoms with Crippen LogP contribution in [0.3, 0.4) is 0 Å². The van der Waals surface area contributed by atoms with E-state index in [0.29, 0.717) is 11.2 Å². The summed E-state index contributed by atoms with van der Waals surface area (Å²) in [6.07, 6.45) is 1.63. The van der Waals surface area contributed by atoms with Gasteiger partial charge in [-0.1, -0.05) is 18.2 Å². The fourth-order valence-electron chi connectivity index (χ4n) is 2.77. The summed E-state index contributed by atoms with van der Waals surface area (Å²) < 4.78 is 32.8. The van der Waals surface area contributed by atoms with Crippen LogP contribution in [0.4, 0.5) is 5.69 Å². The molecule has 3 aromatic rings. The molecule has 1 amide bonds. The van der Waals surface area contributed by atoms with E-state index in [1.165, 1.54) is 13.2 Å². The molecule has 2 N–H and O–H groups in total. The lowest BCUT2D eigenvalue weighted by atomic mass is 10.1. The Bertz CT molecular complexity index is 1140. The average molecular weight is 399 g/mol. The zero-order valence-corrected chi connectivity index (χ0v) is 16.6. The number of anilines is 1. The third kappa shape index (κ3) is 4.13. The SMILES string of the molecule is COc1cc(C)c(C)cc1S(=O)(=O)NCC(=O)Nc1cccc2cccnc12. The van der Waals surface area contributed by atoms with Crippen molar-refractivity contribution in [1.82, 2.24) is 9.71 Å². The van der Waals surface area contributed by atoms with E-state index in [0.717, 1.165) is 16.5 Å². The van der Waals surface area contributed by atoms with Crippen molar-refractivity contribution in [2.24, 2.45) is 0 Å². The second-order valence-corrected chi connectivity index (χ2v) is 8.08. The Balaban J connectivity index is 1.76. The number of nitrogens with one attached hydrogen (secondary N) is 2. The van der Waals surface area contributed by atoms with Crippen molar-refractivity contribution in [1.29, 1.82) is 0 Å². The van der Waals surface area contributed by atoms with Gasteiger partial charge >= 0.3 is 0 Å². The number of fused-ring (bicyclic) bond motifs is 1. The summed E-state index contributed by atoms with van der Waals surface area (Å²) >= 11 is 0. The lowest BCUT2D eigenvalue weighted by Crippen LogP contribution is -2.33. The van der Waals surface area contributed by atoms with E-state index < -0.39 is 22.5 Å². The van der Waals surface area contributed by atoms with Gasteiger partial charge in [0.05, 0.1) is 24.9 Å². The quantitative estimate of drug-likeness (QED) is 0.664. The molecule has 146 valence electrons. The lowest BCUT2D eigenvalue weighted by molar-refractivity contribution is -0.115. The first-order chi connectivity index (χ1) is 13.3. The maximum Gasteiger partial charge on any atom is 0.244 e. The van der Waals surface area contributed by atoms with E-state index in [1.54, 1.807) is 30.5 Å². The van der Waals surface area contributed by atoms with Crippen LogP contribution >= 0.6 is 0 Å². The van der Waals surface area contributed by atoms with Gasteiger partial charge in [0.15, 0.2) is 0 Å². The van der Waals surface area contributed by atoms with Crippen LogP contribution in [0.15, 0.2) is 53.6 Å². The Labute approximate surface area is 163 Å². The largest absolute Gasteiger partial charge is 0.495 e. The number of ether oxygens (including phenoxy) is 1. The standard InChI is InChI=1S/C20H21N3O4S/c1-13-10-17(27-3)18(11-14(13)2)28(25,26)22-12-19(24)23-16-8-4-6-15-7-5-9-21-20(15)16/h4-11,22H,12H2,1-3H3,(H,23,24). The van der Waals surface area contributed by atoms with E-state index in [4.69, 9.17) is 4.74 Å². The summed E-state index contributed by atoms with van der Waals surface area (Å²) in [5.74, 6) is -0.265. The van der Waals surface area contributed by atoms with Crippen molar-refractivity contribution in [3.8, 4) is 5.75 Å². The number of carbonyl (C=O) groups excluding carboxylic acids is 1. The highest BCUT2D eigenvalue weighted by Crippen LogP contribution is 2.27. The average Bonchev–Trinajstić information content (AvgIpc) is 2.68. The van der Waals surface area contributed by atoms with Gasteiger partial charge in [-0.15, -0.1) is 0 Å². The fraction of sp³-hybridized carbons (Fsp3) is 0.200. The molecule has 0 spiro atoms. The first-order valence-corrected chi connectivity index (χ1v) is 10.1. The molecule has 0 aliphatic rings. The third-order valence-corrected chi connectivity index (χ3v) is 5.82. The maximum atomic E-state index is 12.7. The molecule has 0 saturated heterocycles. The molecule has 7 nitrogen and oxygen atoms in total. The Kier molecular flexibility index (Phi) is 5.62. The molecule has 0 aliphatic carbocycles. The van der Waals surface area contributed by atoms with Crippen LogP contribution in [-0.2, 0) is 14.8 Å². The summed E-state index contributed by atoms with van der Waals surface area (Å²) in [5, 5.41) is 3.57. The van der Waals surface area contributed by atoms with Gasteiger partial charge in [-0.25, -0.2) is 13.1 Å². The summed E-state index contributed by atoms with van der Waals surface area (Å²) in [6, 6.07) is 12.3. The van der Waals surface area contributed by atoms with Crippen LogP contribution in [0.2, 0.25) is 0 Å². The number of nitrogens with zero attached hydrogens (tertiary/aromatic N) is 1. The van der Waals surface area contributed by atoms with E-state index in [1.807, 2.05) is 26.0 Å². The van der Waals surface area contributed by atoms with Crippen molar-refractivity contribution in [2.45, 2.75) is 18.7 Å². The first kappa shape index (κ1) is 19.8. The zero-order valence-electron chi connectivity index (χ0n) is 15.8. The van der Waals surface area contributed by atoms with Crippen LogP contribution in [-0.4, -0.2) is 33.0 Å². The summed E-state index contributed by atoms with van der Waals surface area (Å²) in [4.78, 5) is 16.6. The minimum atomic E-state index is -3.92. The van der Waals surface area contributed by atoms with Crippen LogP contribution in [0.25, 0.3) is 10.9 Å². The van der Waals surface area contributed by atoms with Gasteiger partial charge in [0.1, 0.15) is 10.6 Å². The summed E-state index contributed by atoms with van der Waals surface area (Å²) in [5.41, 5.74) is 2.88. The van der Waals surface area contributed by atoms with E-state index in [9.17, 15) is 13.2 Å². The summed E-state index contributed by atoms with van der Waals surface area (Å²) in [6.45, 7) is 3.27. The van der Waals surface area contributed by atoms with E-state index in [-0.39, 0.29) is 10.6 Å². The van der Waals surface area contributed by atoms with Gasteiger partial charge in [-0.2, -0.15) is 0 Å². The number of aryl methyl sites for hydroxylation is 2. The number of methoxy groups -OCH3 is 1. The molecule has 0 fully saturated rings. The fourth-order valence-corrected chi connectivity index (χ4v) is 3.99. The van der Waals surface area contributed by atoms with Gasteiger partial charge in [0.2, 0.25) is 15.9 Å². The Morgan fingerprint density at radius 2 is 1.82 bits per heavy atom. The van der Waals surface area contributed by atoms with Gasteiger partial charge in [-0.05, 0) is 49.2 Å². The maximum absolute atomic E-state index is 12.7. The number of para-hydroxylation sites is 1. The van der Waals surface area contributed by atoms with Crippen molar-refractivity contribution in [3.05, 3.63) is 59.8 Å². The first-order valence-electron chi connectivity index (χ1n) is 8.60. The van der Waals surface area contributed by atoms with Crippen molar-refractivity contribution in [2.75, 3.05) is 19.0 Å². The number of amides is 1. The van der Waals surface area contributed by atoms with Gasteiger partial charge in [0.25, 0.3) is 0 Å². The molecule has 3 rings (SSSR count). The number of hydrogen-bond acceptors (Lipinski definition) is 5. The van der Waals surface area contributed by atoms with E-state index in [2.05, 4.69) is 15.0 Å². The minimum absolute atomic E-state index is 0.00210. The molecular formula is C20H21N3O4S. The number of hydrogen-bond donors (Lipinski definition) is 2. The van der Waals surface area contributed by atoms with E-state index >= 15 is 0 Å². The number of pyridine rings is 1. The van der Waals surface area contributed by atoms with Gasteiger partial charge in [-0.3, -0.25) is 9.78 Å². The highest BCUT2D eigenvalue weighted by molar-refractivity contribution is 7.89. The molecule has 0 aliphatic heterocycles. The van der Waals surface area contributed by atoms with Crippen LogP contribution < -0.4 is 14.8 Å². The predicted molar refractivity (Wildman–Crippen MR) is 108 cm³/mol. The van der Waals surface area contributed by atoms with Gasteiger partial charge < -0.3 is 10.1 Å². The van der Waals surface area contributed by atoms with Crippen LogP contribution in [0, 0.1) is 13.8 Å². The number of rotatable bonds is 6. The Morgan fingerprint density at radius 1 is 1.11 bits per heavy atom. The monoisotopic (exact) mass is 399 g/mol.